The second-order valence-corrected chi connectivity index (χ2v) is 3.69. The fourth-order valence-electron chi connectivity index (χ4n) is 1.44. The lowest BCUT2D eigenvalue weighted by Crippen LogP contribution is -2.23. The highest BCUT2D eigenvalue weighted by molar-refractivity contribution is 5.82. The molecule has 0 aliphatic heterocycles. The van der Waals surface area contributed by atoms with Crippen molar-refractivity contribution in [2.45, 2.75) is 32.6 Å². The molecule has 92 valence electrons. The molecule has 1 aromatic heterocycles. The van der Waals surface area contributed by atoms with Crippen molar-refractivity contribution in [3.8, 4) is 0 Å². The molecular formula is C12H16N2O3. The average Bonchev–Trinajstić information content (AvgIpc) is 2.62. The largest absolute Gasteiger partial charge is 0.478 e. The number of aromatic amines is 2. The van der Waals surface area contributed by atoms with E-state index in [0.717, 1.165) is 31.8 Å². The smallest absolute Gasteiger partial charge is 0.336 e. The van der Waals surface area contributed by atoms with Gasteiger partial charge in [-0.05, 0) is 12.8 Å². The van der Waals surface area contributed by atoms with Crippen LogP contribution in [0.5, 0.6) is 0 Å². The van der Waals surface area contributed by atoms with Crippen LogP contribution in [0.2, 0.25) is 0 Å². The normalized spacial score (nSPS) is 11.2. The minimum absolute atomic E-state index is 0.354. The summed E-state index contributed by atoms with van der Waals surface area (Å²) < 4.78 is 0. The molecule has 0 bridgehead atoms. The van der Waals surface area contributed by atoms with E-state index in [1.165, 1.54) is 0 Å². The third-order valence-corrected chi connectivity index (χ3v) is 2.25. The molecule has 5 heteroatoms. The number of carbonyl (C=O) groups is 1. The molecule has 1 aromatic rings. The number of H-pyrrole nitrogens is 2. The second kappa shape index (κ2) is 6.55. The number of nitrogens with one attached hydrogen (secondary N) is 2. The number of aromatic nitrogens is 2. The van der Waals surface area contributed by atoms with E-state index in [9.17, 15) is 9.59 Å². The molecule has 3 N–H and O–H groups in total. The summed E-state index contributed by atoms with van der Waals surface area (Å²) in [6.45, 7) is 2.12. The van der Waals surface area contributed by atoms with Gasteiger partial charge in [-0.1, -0.05) is 31.6 Å². The maximum atomic E-state index is 11.1. The maximum absolute atomic E-state index is 11.1. The van der Waals surface area contributed by atoms with Gasteiger partial charge in [-0.2, -0.15) is 0 Å². The Balaban J connectivity index is 3.04. The Morgan fingerprint density at radius 1 is 1.41 bits per heavy atom. The van der Waals surface area contributed by atoms with Gasteiger partial charge in [0.25, 0.3) is 0 Å². The molecule has 0 aliphatic rings. The molecule has 0 saturated heterocycles. The van der Waals surface area contributed by atoms with E-state index >= 15 is 0 Å². The van der Waals surface area contributed by atoms with Gasteiger partial charge >= 0.3 is 11.7 Å². The molecule has 0 amide bonds. The van der Waals surface area contributed by atoms with Gasteiger partial charge in [0.15, 0.2) is 0 Å². The minimum Gasteiger partial charge on any atom is -0.478 e. The zero-order valence-corrected chi connectivity index (χ0v) is 9.75. The van der Waals surface area contributed by atoms with Crippen LogP contribution in [0.15, 0.2) is 10.9 Å². The number of carboxylic acids is 1. The van der Waals surface area contributed by atoms with Gasteiger partial charge in [-0.25, -0.2) is 9.59 Å². The molecule has 0 radical (unpaired) electrons. The van der Waals surface area contributed by atoms with E-state index in [1.807, 2.05) is 6.08 Å². The van der Waals surface area contributed by atoms with Crippen LogP contribution in [0, 0.1) is 0 Å². The van der Waals surface area contributed by atoms with Crippen molar-refractivity contribution in [3.63, 3.8) is 0 Å². The van der Waals surface area contributed by atoms with Gasteiger partial charge in [0, 0.05) is 0 Å². The van der Waals surface area contributed by atoms with Gasteiger partial charge in [0.1, 0.15) is 5.35 Å². The SMILES string of the molecule is CCCCCC=c1[nH]c(=O)[nH]c1=C=CC(=O)O. The van der Waals surface area contributed by atoms with E-state index < -0.39 is 5.97 Å². The number of imidazole rings is 1. The third kappa shape index (κ3) is 4.57. The second-order valence-electron chi connectivity index (χ2n) is 3.69. The molecule has 0 atom stereocenters. The third-order valence-electron chi connectivity index (χ3n) is 2.25. The number of rotatable bonds is 5. The molecular weight excluding hydrogens is 220 g/mol. The Kier molecular flexibility index (Phi) is 5.04. The lowest BCUT2D eigenvalue weighted by Gasteiger charge is -1.89. The van der Waals surface area contributed by atoms with Crippen LogP contribution < -0.4 is 16.4 Å². The van der Waals surface area contributed by atoms with Crippen molar-refractivity contribution in [1.82, 2.24) is 9.97 Å². The lowest BCUT2D eigenvalue weighted by molar-refractivity contribution is -0.131. The van der Waals surface area contributed by atoms with E-state index in [4.69, 9.17) is 5.11 Å². The van der Waals surface area contributed by atoms with Crippen molar-refractivity contribution in [2.24, 2.45) is 0 Å². The van der Waals surface area contributed by atoms with Gasteiger partial charge in [-0.15, -0.1) is 0 Å². The van der Waals surface area contributed by atoms with E-state index in [0.29, 0.717) is 10.7 Å². The highest BCUT2D eigenvalue weighted by Crippen LogP contribution is 1.98. The average molecular weight is 236 g/mol. The quantitative estimate of drug-likeness (QED) is 0.500. The Hall–Kier alpha value is -2.00. The summed E-state index contributed by atoms with van der Waals surface area (Å²) in [6, 6.07) is 0. The van der Waals surface area contributed by atoms with E-state index in [1.54, 1.807) is 0 Å². The summed E-state index contributed by atoms with van der Waals surface area (Å²) in [6.07, 6.45) is 6.92. The van der Waals surface area contributed by atoms with Crippen LogP contribution in [-0.4, -0.2) is 21.0 Å². The van der Waals surface area contributed by atoms with Gasteiger partial charge in [0.2, 0.25) is 0 Å². The van der Waals surface area contributed by atoms with E-state index in [2.05, 4.69) is 22.6 Å². The molecule has 1 rings (SSSR count). The molecule has 17 heavy (non-hydrogen) atoms. The predicted molar refractivity (Wildman–Crippen MR) is 64.9 cm³/mol. The van der Waals surface area contributed by atoms with Crippen molar-refractivity contribution in [2.75, 3.05) is 0 Å². The Morgan fingerprint density at radius 3 is 2.82 bits per heavy atom. The summed E-state index contributed by atoms with van der Waals surface area (Å²) in [5, 5.41) is 9.47. The van der Waals surface area contributed by atoms with Crippen molar-refractivity contribution < 1.29 is 9.90 Å². The number of hydrogen-bond acceptors (Lipinski definition) is 2. The van der Waals surface area contributed by atoms with Crippen molar-refractivity contribution >= 4 is 17.8 Å². The van der Waals surface area contributed by atoms with Gasteiger partial charge in [0.05, 0.1) is 11.4 Å². The monoisotopic (exact) mass is 236 g/mol. The number of carboxylic acid groups (broad SMARTS) is 1. The molecule has 0 unspecified atom stereocenters. The fourth-order valence-corrected chi connectivity index (χ4v) is 1.44. The Labute approximate surface area is 98.2 Å². The van der Waals surface area contributed by atoms with Crippen LogP contribution in [0.4, 0.5) is 0 Å². The first-order valence-electron chi connectivity index (χ1n) is 5.61. The fraction of sp³-hybridized carbons (Fsp3) is 0.417. The highest BCUT2D eigenvalue weighted by Gasteiger charge is 1.91. The summed E-state index contributed by atoms with van der Waals surface area (Å²) in [5.74, 6) is -1.09. The van der Waals surface area contributed by atoms with Crippen LogP contribution in [0.1, 0.15) is 32.6 Å². The summed E-state index contributed by atoms with van der Waals surface area (Å²) in [5.41, 5.74) is 2.18. The zero-order valence-electron chi connectivity index (χ0n) is 9.75. The Morgan fingerprint density at radius 2 is 2.18 bits per heavy atom. The number of hydrogen-bond donors (Lipinski definition) is 3. The molecule has 0 fully saturated rings. The zero-order chi connectivity index (χ0) is 12.7. The van der Waals surface area contributed by atoms with Crippen molar-refractivity contribution in [3.05, 3.63) is 27.3 Å². The number of aliphatic carboxylic acids is 1. The maximum Gasteiger partial charge on any atom is 0.336 e. The topological polar surface area (TPSA) is 86.0 Å². The molecule has 5 nitrogen and oxygen atoms in total. The molecule has 0 aliphatic carbocycles. The predicted octanol–water partition coefficient (Wildman–Crippen LogP) is 0.0840. The summed E-state index contributed by atoms with van der Waals surface area (Å²) >= 11 is 0. The van der Waals surface area contributed by atoms with Crippen LogP contribution >= 0.6 is 0 Å². The minimum atomic E-state index is -1.09. The summed E-state index contributed by atoms with van der Waals surface area (Å²) in [4.78, 5) is 26.6. The van der Waals surface area contributed by atoms with Gasteiger partial charge in [-0.3, -0.25) is 4.98 Å². The standard InChI is InChI=1S/C12H16N2O3/c1-2-3-4-5-6-9-10(7-8-11(15)16)14-12(17)13-9/h6,8H,2-5H2,1H3,(H,15,16)(H2,13,14,17). The lowest BCUT2D eigenvalue weighted by atomic mass is 10.2. The first-order valence-corrected chi connectivity index (χ1v) is 5.61. The first kappa shape index (κ1) is 13.1. The number of unbranched alkanes of at least 4 members (excludes halogenated alkanes) is 3. The van der Waals surface area contributed by atoms with Gasteiger partial charge < -0.3 is 10.1 Å². The molecule has 0 saturated carbocycles. The molecule has 0 aromatic carbocycles. The molecule has 1 heterocycles. The van der Waals surface area contributed by atoms with Crippen LogP contribution in [0.25, 0.3) is 11.8 Å². The van der Waals surface area contributed by atoms with Crippen molar-refractivity contribution in [1.29, 1.82) is 0 Å². The Bertz CT molecular complexity index is 574. The van der Waals surface area contributed by atoms with E-state index in [-0.39, 0.29) is 5.69 Å². The molecule has 0 spiro atoms. The first-order chi connectivity index (χ1) is 8.13. The highest BCUT2D eigenvalue weighted by atomic mass is 16.4. The van der Waals surface area contributed by atoms with Crippen LogP contribution in [0.3, 0.4) is 0 Å². The summed E-state index contributed by atoms with van der Waals surface area (Å²) in [7, 11) is 0. The van der Waals surface area contributed by atoms with Crippen LogP contribution in [-0.2, 0) is 4.79 Å².